The number of benzene rings is 2. The number of carbonyl (C=O) groups is 2. The molecule has 0 bridgehead atoms. The summed E-state index contributed by atoms with van der Waals surface area (Å²) in [5.41, 5.74) is 1.36. The van der Waals surface area contributed by atoms with Crippen molar-refractivity contribution in [1.29, 1.82) is 0 Å². The minimum absolute atomic E-state index is 0.275. The number of hydrogen-bond acceptors (Lipinski definition) is 6. The molecule has 160 valence electrons. The van der Waals surface area contributed by atoms with Crippen molar-refractivity contribution in [1.82, 2.24) is 0 Å². The summed E-state index contributed by atoms with van der Waals surface area (Å²) >= 11 is 0. The van der Waals surface area contributed by atoms with Crippen molar-refractivity contribution >= 4 is 23.2 Å². The van der Waals surface area contributed by atoms with Gasteiger partial charge in [0.05, 0.1) is 11.4 Å². The van der Waals surface area contributed by atoms with E-state index in [1.165, 1.54) is 0 Å². The SMILES string of the molecule is CCO[C@@]1(C)Oc2ccccc2NC1=O.CCO[C@@]1(C)Oc2ccccc2NC1=O. The quantitative estimate of drug-likeness (QED) is 0.795. The first-order chi connectivity index (χ1) is 14.3. The number of nitrogens with one attached hydrogen (secondary N) is 2. The molecule has 2 amide bonds. The maximum Gasteiger partial charge on any atom is 0.297 e. The summed E-state index contributed by atoms with van der Waals surface area (Å²) in [7, 11) is 0. The predicted octanol–water partition coefficient (Wildman–Crippen LogP) is 3.54. The van der Waals surface area contributed by atoms with Crippen LogP contribution in [0.5, 0.6) is 11.5 Å². The highest BCUT2D eigenvalue weighted by atomic mass is 16.7. The molecule has 0 spiro atoms. The molecule has 2 aliphatic heterocycles. The molecule has 0 aliphatic carbocycles. The Morgan fingerprint density at radius 3 is 1.47 bits per heavy atom. The Labute approximate surface area is 175 Å². The first-order valence-corrected chi connectivity index (χ1v) is 9.78. The molecule has 0 unspecified atom stereocenters. The highest BCUT2D eigenvalue weighted by Gasteiger charge is 2.41. The molecule has 8 nitrogen and oxygen atoms in total. The molecule has 8 heteroatoms. The van der Waals surface area contributed by atoms with Crippen LogP contribution in [0.3, 0.4) is 0 Å². The fourth-order valence-electron chi connectivity index (χ4n) is 3.04. The summed E-state index contributed by atoms with van der Waals surface area (Å²) in [4.78, 5) is 23.4. The molecule has 2 atom stereocenters. The predicted molar refractivity (Wildman–Crippen MR) is 111 cm³/mol. The van der Waals surface area contributed by atoms with Gasteiger partial charge < -0.3 is 29.6 Å². The van der Waals surface area contributed by atoms with Crippen molar-refractivity contribution in [2.45, 2.75) is 39.3 Å². The fourth-order valence-corrected chi connectivity index (χ4v) is 3.04. The Kier molecular flexibility index (Phi) is 6.28. The van der Waals surface area contributed by atoms with Crippen molar-refractivity contribution in [3.8, 4) is 11.5 Å². The van der Waals surface area contributed by atoms with Crippen LogP contribution in [0.1, 0.15) is 27.7 Å². The highest BCUT2D eigenvalue weighted by molar-refractivity contribution is 6.00. The Hall–Kier alpha value is -3.10. The number of amides is 2. The maximum absolute atomic E-state index is 11.7. The largest absolute Gasteiger partial charge is 0.451 e. The van der Waals surface area contributed by atoms with Gasteiger partial charge in [0.1, 0.15) is 11.5 Å². The average Bonchev–Trinajstić information content (AvgIpc) is 2.71. The molecule has 2 aromatic carbocycles. The first kappa shape index (κ1) is 21.6. The van der Waals surface area contributed by atoms with Crippen molar-refractivity contribution in [2.75, 3.05) is 23.8 Å². The van der Waals surface area contributed by atoms with E-state index in [2.05, 4.69) is 10.6 Å². The van der Waals surface area contributed by atoms with Crippen molar-refractivity contribution in [3.63, 3.8) is 0 Å². The highest BCUT2D eigenvalue weighted by Crippen LogP contribution is 2.34. The van der Waals surface area contributed by atoms with Gasteiger partial charge in [0.2, 0.25) is 0 Å². The van der Waals surface area contributed by atoms with Crippen LogP contribution in [0.15, 0.2) is 48.5 Å². The fraction of sp³-hybridized carbons (Fsp3) is 0.364. The minimum Gasteiger partial charge on any atom is -0.451 e. The van der Waals surface area contributed by atoms with Gasteiger partial charge in [-0.05, 0) is 38.1 Å². The lowest BCUT2D eigenvalue weighted by molar-refractivity contribution is -0.183. The van der Waals surface area contributed by atoms with Crippen LogP contribution in [0.4, 0.5) is 11.4 Å². The molecule has 0 saturated heterocycles. The summed E-state index contributed by atoms with van der Waals surface area (Å²) in [5, 5.41) is 5.49. The van der Waals surface area contributed by atoms with Gasteiger partial charge in [-0.2, -0.15) is 0 Å². The molecular weight excluding hydrogens is 388 g/mol. The van der Waals surface area contributed by atoms with E-state index in [0.717, 1.165) is 0 Å². The molecule has 2 N–H and O–H groups in total. The van der Waals surface area contributed by atoms with Gasteiger partial charge in [-0.1, -0.05) is 24.3 Å². The number of fused-ring (bicyclic) bond motifs is 2. The molecule has 2 aromatic rings. The second kappa shape index (κ2) is 8.73. The Morgan fingerprint density at radius 2 is 1.10 bits per heavy atom. The third-order valence-electron chi connectivity index (χ3n) is 4.54. The zero-order valence-corrected chi connectivity index (χ0v) is 17.5. The summed E-state index contributed by atoms with van der Waals surface area (Å²) in [6.45, 7) is 7.71. The van der Waals surface area contributed by atoms with E-state index in [1.54, 1.807) is 38.1 Å². The zero-order chi connectivity index (χ0) is 21.8. The van der Waals surface area contributed by atoms with E-state index < -0.39 is 11.6 Å². The van der Waals surface area contributed by atoms with E-state index in [9.17, 15) is 9.59 Å². The Bertz CT molecular complexity index is 858. The first-order valence-electron chi connectivity index (χ1n) is 9.78. The van der Waals surface area contributed by atoms with Crippen LogP contribution >= 0.6 is 0 Å². The van der Waals surface area contributed by atoms with Crippen LogP contribution in [0.25, 0.3) is 0 Å². The molecule has 0 aromatic heterocycles. The van der Waals surface area contributed by atoms with Crippen LogP contribution < -0.4 is 20.1 Å². The van der Waals surface area contributed by atoms with Crippen LogP contribution in [-0.2, 0) is 19.1 Å². The standard InChI is InChI=1S/2C11H13NO3/c2*1-3-14-11(2)10(13)12-8-6-4-5-7-9(8)15-11/h2*4-7H,3H2,1-2H3,(H,12,13)/t2*11-/m00/s1. The van der Waals surface area contributed by atoms with E-state index in [4.69, 9.17) is 18.9 Å². The number of hydrogen-bond donors (Lipinski definition) is 2. The topological polar surface area (TPSA) is 95.1 Å². The van der Waals surface area contributed by atoms with Crippen LogP contribution in [0, 0.1) is 0 Å². The van der Waals surface area contributed by atoms with Gasteiger partial charge >= 0.3 is 0 Å². The van der Waals surface area contributed by atoms with Crippen molar-refractivity contribution in [3.05, 3.63) is 48.5 Å². The summed E-state index contributed by atoms with van der Waals surface area (Å²) in [6.07, 6.45) is 0. The molecule has 0 saturated carbocycles. The average molecular weight is 414 g/mol. The normalized spacial score (nSPS) is 24.0. The molecule has 0 radical (unpaired) electrons. The Morgan fingerprint density at radius 1 is 0.733 bits per heavy atom. The molecule has 2 heterocycles. The molecule has 4 rings (SSSR count). The lowest BCUT2D eigenvalue weighted by Crippen LogP contribution is -2.50. The number of anilines is 2. The van der Waals surface area contributed by atoms with Gasteiger partial charge in [0.25, 0.3) is 23.4 Å². The van der Waals surface area contributed by atoms with Crippen molar-refractivity contribution < 1.29 is 28.5 Å². The van der Waals surface area contributed by atoms with Crippen LogP contribution in [0.2, 0.25) is 0 Å². The third kappa shape index (κ3) is 4.39. The van der Waals surface area contributed by atoms with Gasteiger partial charge in [-0.3, -0.25) is 9.59 Å². The zero-order valence-electron chi connectivity index (χ0n) is 17.5. The van der Waals surface area contributed by atoms with E-state index in [0.29, 0.717) is 36.1 Å². The summed E-state index contributed by atoms with van der Waals surface area (Å²) in [5.74, 6) is -1.72. The molecule has 2 aliphatic rings. The molecule has 0 fully saturated rings. The number of para-hydroxylation sites is 4. The van der Waals surface area contributed by atoms with Gasteiger partial charge in [-0.25, -0.2) is 0 Å². The van der Waals surface area contributed by atoms with Gasteiger partial charge in [-0.15, -0.1) is 0 Å². The van der Waals surface area contributed by atoms with E-state index >= 15 is 0 Å². The van der Waals surface area contributed by atoms with Gasteiger partial charge in [0.15, 0.2) is 0 Å². The maximum atomic E-state index is 11.7. The summed E-state index contributed by atoms with van der Waals surface area (Å²) in [6, 6.07) is 14.6. The lowest BCUT2D eigenvalue weighted by atomic mass is 10.2. The second-order valence-electron chi connectivity index (χ2n) is 6.86. The lowest BCUT2D eigenvalue weighted by Gasteiger charge is -2.33. The molecule has 30 heavy (non-hydrogen) atoms. The second-order valence-corrected chi connectivity index (χ2v) is 6.86. The molecular formula is C22H26N2O6. The summed E-state index contributed by atoms with van der Waals surface area (Å²) < 4.78 is 21.7. The van der Waals surface area contributed by atoms with Gasteiger partial charge in [0, 0.05) is 27.1 Å². The van der Waals surface area contributed by atoms with E-state index in [1.807, 2.05) is 38.1 Å². The Balaban J connectivity index is 0.000000171. The smallest absolute Gasteiger partial charge is 0.297 e. The number of rotatable bonds is 4. The third-order valence-corrected chi connectivity index (χ3v) is 4.54. The monoisotopic (exact) mass is 414 g/mol. The van der Waals surface area contributed by atoms with Crippen molar-refractivity contribution in [2.24, 2.45) is 0 Å². The number of ether oxygens (including phenoxy) is 4. The van der Waals surface area contributed by atoms with E-state index in [-0.39, 0.29) is 11.8 Å². The van der Waals surface area contributed by atoms with Crippen LogP contribution in [-0.4, -0.2) is 36.6 Å². The number of carbonyl (C=O) groups excluding carboxylic acids is 2. The minimum atomic E-state index is -1.22.